The van der Waals surface area contributed by atoms with Crippen molar-refractivity contribution in [2.75, 3.05) is 17.7 Å². The van der Waals surface area contributed by atoms with Gasteiger partial charge in [-0.1, -0.05) is 18.2 Å². The lowest BCUT2D eigenvalue weighted by Gasteiger charge is -2.19. The third kappa shape index (κ3) is 2.85. The Balaban J connectivity index is 2.32. The summed E-state index contributed by atoms with van der Waals surface area (Å²) < 4.78 is 13.1. The highest BCUT2D eigenvalue weighted by molar-refractivity contribution is 5.75. The fourth-order valence-corrected chi connectivity index (χ4v) is 2.05. The molecule has 5 nitrogen and oxygen atoms in total. The molecule has 0 atom stereocenters. The Bertz CT molecular complexity index is 646. The minimum absolute atomic E-state index is 0.110. The molecule has 0 aliphatic rings. The standard InChI is InChI=1S/C14H14FN3O2/c1-17(9-10-4-2-5-11(15)8-10)13-7-3-6-12(16)14(13)18(19)20/h2-8H,9,16H2,1H3. The van der Waals surface area contributed by atoms with Gasteiger partial charge in [-0.05, 0) is 29.8 Å². The van der Waals surface area contributed by atoms with Crippen molar-refractivity contribution in [2.45, 2.75) is 6.54 Å². The van der Waals surface area contributed by atoms with Crippen LogP contribution in [0.3, 0.4) is 0 Å². The topological polar surface area (TPSA) is 72.4 Å². The number of hydrogen-bond donors (Lipinski definition) is 1. The molecule has 6 heteroatoms. The molecule has 0 saturated carbocycles. The van der Waals surface area contributed by atoms with Crippen LogP contribution in [-0.4, -0.2) is 12.0 Å². The van der Waals surface area contributed by atoms with E-state index in [1.165, 1.54) is 18.2 Å². The number of nitro benzene ring substituents is 1. The number of anilines is 2. The Hall–Kier alpha value is -2.63. The molecule has 0 heterocycles. The summed E-state index contributed by atoms with van der Waals surface area (Å²) in [5, 5.41) is 11.1. The Morgan fingerprint density at radius 1 is 1.30 bits per heavy atom. The number of nitrogens with two attached hydrogens (primary N) is 1. The second-order valence-corrected chi connectivity index (χ2v) is 4.46. The van der Waals surface area contributed by atoms with Crippen LogP contribution in [0.5, 0.6) is 0 Å². The van der Waals surface area contributed by atoms with Gasteiger partial charge in [0.15, 0.2) is 0 Å². The SMILES string of the molecule is CN(Cc1cccc(F)c1)c1cccc(N)c1[N+](=O)[O-]. The highest BCUT2D eigenvalue weighted by Crippen LogP contribution is 2.33. The van der Waals surface area contributed by atoms with Gasteiger partial charge in [-0.25, -0.2) is 4.39 Å². The smallest absolute Gasteiger partial charge is 0.315 e. The summed E-state index contributed by atoms with van der Waals surface area (Å²) in [6.45, 7) is 0.349. The number of nitrogens with zero attached hydrogens (tertiary/aromatic N) is 2. The van der Waals surface area contributed by atoms with Gasteiger partial charge in [-0.3, -0.25) is 10.1 Å². The predicted molar refractivity (Wildman–Crippen MR) is 76.0 cm³/mol. The van der Waals surface area contributed by atoms with Crippen LogP contribution in [0.25, 0.3) is 0 Å². The maximum absolute atomic E-state index is 13.1. The minimum Gasteiger partial charge on any atom is -0.393 e. The number of para-hydroxylation sites is 1. The van der Waals surface area contributed by atoms with Crippen LogP contribution >= 0.6 is 0 Å². The molecule has 0 radical (unpaired) electrons. The Labute approximate surface area is 115 Å². The molecule has 0 saturated heterocycles. The summed E-state index contributed by atoms with van der Waals surface area (Å²) in [5.74, 6) is -0.335. The van der Waals surface area contributed by atoms with Gasteiger partial charge in [0.1, 0.15) is 17.2 Å². The second kappa shape index (κ2) is 5.56. The molecular weight excluding hydrogens is 261 g/mol. The number of benzene rings is 2. The zero-order valence-electron chi connectivity index (χ0n) is 10.9. The van der Waals surface area contributed by atoms with Crippen molar-refractivity contribution in [3.8, 4) is 0 Å². The lowest BCUT2D eigenvalue weighted by atomic mass is 10.1. The molecule has 0 fully saturated rings. The van der Waals surface area contributed by atoms with Gasteiger partial charge < -0.3 is 10.6 Å². The average Bonchev–Trinajstić information content (AvgIpc) is 2.37. The summed E-state index contributed by atoms with van der Waals surface area (Å²) in [6, 6.07) is 10.9. The van der Waals surface area contributed by atoms with Gasteiger partial charge >= 0.3 is 5.69 Å². The molecule has 0 aliphatic heterocycles. The van der Waals surface area contributed by atoms with Gasteiger partial charge in [0.2, 0.25) is 0 Å². The average molecular weight is 275 g/mol. The van der Waals surface area contributed by atoms with E-state index in [0.717, 1.165) is 5.56 Å². The predicted octanol–water partition coefficient (Wildman–Crippen LogP) is 2.95. The van der Waals surface area contributed by atoms with E-state index >= 15 is 0 Å². The van der Waals surface area contributed by atoms with Crippen molar-refractivity contribution in [1.29, 1.82) is 0 Å². The van der Waals surface area contributed by atoms with Crippen molar-refractivity contribution in [3.05, 3.63) is 64.0 Å². The van der Waals surface area contributed by atoms with E-state index in [1.54, 1.807) is 36.2 Å². The van der Waals surface area contributed by atoms with Crippen molar-refractivity contribution < 1.29 is 9.31 Å². The first-order valence-corrected chi connectivity index (χ1v) is 5.97. The quantitative estimate of drug-likeness (QED) is 0.529. The van der Waals surface area contributed by atoms with Crippen LogP contribution in [0.2, 0.25) is 0 Å². The molecule has 20 heavy (non-hydrogen) atoms. The van der Waals surface area contributed by atoms with E-state index in [-0.39, 0.29) is 17.2 Å². The molecular formula is C14H14FN3O2. The molecule has 2 aromatic rings. The first-order valence-electron chi connectivity index (χ1n) is 5.97. The normalized spacial score (nSPS) is 10.3. The highest BCUT2D eigenvalue weighted by atomic mass is 19.1. The van der Waals surface area contributed by atoms with Crippen LogP contribution in [0, 0.1) is 15.9 Å². The molecule has 2 rings (SSSR count). The zero-order chi connectivity index (χ0) is 14.7. The van der Waals surface area contributed by atoms with E-state index in [1.807, 2.05) is 0 Å². The van der Waals surface area contributed by atoms with Gasteiger partial charge in [0.05, 0.1) is 4.92 Å². The molecule has 2 aromatic carbocycles. The molecule has 0 aliphatic carbocycles. The maximum atomic E-state index is 13.1. The molecule has 0 aromatic heterocycles. The summed E-state index contributed by atoms with van der Waals surface area (Å²) >= 11 is 0. The van der Waals surface area contributed by atoms with Crippen LogP contribution in [0.1, 0.15) is 5.56 Å². The van der Waals surface area contributed by atoms with Crippen molar-refractivity contribution >= 4 is 17.1 Å². The largest absolute Gasteiger partial charge is 0.393 e. The van der Waals surface area contributed by atoms with Crippen LogP contribution in [0.15, 0.2) is 42.5 Å². The minimum atomic E-state index is -0.507. The fourth-order valence-electron chi connectivity index (χ4n) is 2.05. The van der Waals surface area contributed by atoms with E-state index < -0.39 is 4.92 Å². The number of hydrogen-bond acceptors (Lipinski definition) is 4. The lowest BCUT2D eigenvalue weighted by molar-refractivity contribution is -0.383. The summed E-state index contributed by atoms with van der Waals surface area (Å²) in [6.07, 6.45) is 0. The third-order valence-electron chi connectivity index (χ3n) is 2.95. The van der Waals surface area contributed by atoms with Gasteiger partial charge in [0.25, 0.3) is 0 Å². The van der Waals surface area contributed by atoms with E-state index in [0.29, 0.717) is 12.2 Å². The highest BCUT2D eigenvalue weighted by Gasteiger charge is 2.20. The molecule has 0 unspecified atom stereocenters. The number of nitrogen functional groups attached to an aromatic ring is 1. The zero-order valence-corrected chi connectivity index (χ0v) is 10.9. The fraction of sp³-hybridized carbons (Fsp3) is 0.143. The maximum Gasteiger partial charge on any atom is 0.315 e. The van der Waals surface area contributed by atoms with Gasteiger partial charge in [0, 0.05) is 13.6 Å². The van der Waals surface area contributed by atoms with E-state index in [4.69, 9.17) is 5.73 Å². The Morgan fingerprint density at radius 3 is 2.65 bits per heavy atom. The monoisotopic (exact) mass is 275 g/mol. The van der Waals surface area contributed by atoms with Crippen LogP contribution in [0.4, 0.5) is 21.5 Å². The summed E-state index contributed by atoms with van der Waals surface area (Å²) in [7, 11) is 1.70. The first kappa shape index (κ1) is 13.8. The molecule has 104 valence electrons. The Kier molecular flexibility index (Phi) is 3.84. The number of nitro groups is 1. The third-order valence-corrected chi connectivity index (χ3v) is 2.95. The molecule has 0 spiro atoms. The van der Waals surface area contributed by atoms with Gasteiger partial charge in [-0.15, -0.1) is 0 Å². The first-order chi connectivity index (χ1) is 9.49. The summed E-state index contributed by atoms with van der Waals surface area (Å²) in [4.78, 5) is 12.3. The van der Waals surface area contributed by atoms with Gasteiger partial charge in [-0.2, -0.15) is 0 Å². The van der Waals surface area contributed by atoms with E-state index in [2.05, 4.69) is 0 Å². The van der Waals surface area contributed by atoms with Crippen LogP contribution < -0.4 is 10.6 Å². The lowest BCUT2D eigenvalue weighted by Crippen LogP contribution is -2.18. The summed E-state index contributed by atoms with van der Waals surface area (Å²) in [5.41, 5.74) is 6.75. The van der Waals surface area contributed by atoms with Crippen molar-refractivity contribution in [3.63, 3.8) is 0 Å². The molecule has 0 amide bonds. The van der Waals surface area contributed by atoms with E-state index in [9.17, 15) is 14.5 Å². The number of rotatable bonds is 4. The second-order valence-electron chi connectivity index (χ2n) is 4.46. The number of halogens is 1. The molecule has 2 N–H and O–H groups in total. The molecule has 0 bridgehead atoms. The Morgan fingerprint density at radius 2 is 2.00 bits per heavy atom. The van der Waals surface area contributed by atoms with Crippen molar-refractivity contribution in [2.24, 2.45) is 0 Å². The van der Waals surface area contributed by atoms with Crippen molar-refractivity contribution in [1.82, 2.24) is 0 Å². The van der Waals surface area contributed by atoms with Crippen LogP contribution in [-0.2, 0) is 6.54 Å².